The zero-order valence-corrected chi connectivity index (χ0v) is 12.2. The summed E-state index contributed by atoms with van der Waals surface area (Å²) in [6.45, 7) is 7.52. The second kappa shape index (κ2) is 8.28. The summed E-state index contributed by atoms with van der Waals surface area (Å²) in [7, 11) is 1.75. The molecule has 3 nitrogen and oxygen atoms in total. The topological polar surface area (TPSA) is 38.5 Å². The molecular formula is C14H22N2OS. The molecule has 0 aliphatic carbocycles. The van der Waals surface area contributed by atoms with E-state index in [2.05, 4.69) is 42.0 Å². The normalized spacial score (nSPS) is 12.3. The Morgan fingerprint density at radius 2 is 2.33 bits per heavy atom. The third-order valence-electron chi connectivity index (χ3n) is 2.78. The number of likely N-dealkylation sites (N-methyl/N-ethyl adjacent to an activating group) is 1. The van der Waals surface area contributed by atoms with Crippen LogP contribution in [0.5, 0.6) is 0 Å². The van der Waals surface area contributed by atoms with Crippen molar-refractivity contribution in [1.82, 2.24) is 4.90 Å². The van der Waals surface area contributed by atoms with Crippen molar-refractivity contribution in [3.05, 3.63) is 21.9 Å². The Hall–Kier alpha value is -0.860. The van der Waals surface area contributed by atoms with Gasteiger partial charge in [0.15, 0.2) is 0 Å². The van der Waals surface area contributed by atoms with Gasteiger partial charge in [0.2, 0.25) is 0 Å². The fourth-order valence-corrected chi connectivity index (χ4v) is 2.65. The predicted molar refractivity (Wildman–Crippen MR) is 77.7 cm³/mol. The molecule has 1 heterocycles. The highest BCUT2D eigenvalue weighted by Gasteiger charge is 2.13. The molecule has 0 radical (unpaired) electrons. The van der Waals surface area contributed by atoms with E-state index in [1.54, 1.807) is 18.4 Å². The second-order valence-corrected chi connectivity index (χ2v) is 5.17. The summed E-state index contributed by atoms with van der Waals surface area (Å²) in [5.41, 5.74) is 6.43. The van der Waals surface area contributed by atoms with Crippen LogP contribution in [0.2, 0.25) is 0 Å². The number of nitrogens with two attached hydrogens (primary N) is 1. The van der Waals surface area contributed by atoms with E-state index in [1.165, 1.54) is 4.88 Å². The number of thiophene rings is 1. The van der Waals surface area contributed by atoms with Crippen molar-refractivity contribution in [2.45, 2.75) is 26.4 Å². The largest absolute Gasteiger partial charge is 0.383 e. The van der Waals surface area contributed by atoms with Gasteiger partial charge >= 0.3 is 0 Å². The molecule has 4 heteroatoms. The quantitative estimate of drug-likeness (QED) is 0.799. The fourth-order valence-electron chi connectivity index (χ4n) is 1.81. The molecule has 18 heavy (non-hydrogen) atoms. The summed E-state index contributed by atoms with van der Waals surface area (Å²) in [4.78, 5) is 3.73. The van der Waals surface area contributed by atoms with E-state index >= 15 is 0 Å². The molecule has 1 aromatic heterocycles. The molecule has 1 atom stereocenters. The lowest BCUT2D eigenvalue weighted by molar-refractivity contribution is 0.0988. The van der Waals surface area contributed by atoms with Gasteiger partial charge in [-0.15, -0.1) is 11.3 Å². The first-order valence-electron chi connectivity index (χ1n) is 6.20. The molecular weight excluding hydrogens is 244 g/mol. The Morgan fingerprint density at radius 3 is 2.94 bits per heavy atom. The predicted octanol–water partition coefficient (Wildman–Crippen LogP) is 1.92. The summed E-state index contributed by atoms with van der Waals surface area (Å²) in [5, 5.41) is 2.09. The van der Waals surface area contributed by atoms with Crippen LogP contribution in [0.4, 0.5) is 0 Å². The standard InChI is InChI=1S/C14H22N2OS/c1-4-16(12(2)10-17-3)9-14-8-13(11-18-14)6-5-7-15/h8,11-12H,4,7,9-10,15H2,1-3H3. The molecule has 0 fully saturated rings. The smallest absolute Gasteiger partial charge is 0.0615 e. The Kier molecular flexibility index (Phi) is 6.99. The number of rotatable bonds is 6. The average Bonchev–Trinajstić information content (AvgIpc) is 2.81. The van der Waals surface area contributed by atoms with Crippen LogP contribution in [-0.4, -0.2) is 37.7 Å². The number of nitrogens with zero attached hydrogens (tertiary/aromatic N) is 1. The fraction of sp³-hybridized carbons (Fsp3) is 0.571. The minimum absolute atomic E-state index is 0.414. The van der Waals surface area contributed by atoms with Gasteiger partial charge in [-0.2, -0.15) is 0 Å². The van der Waals surface area contributed by atoms with Gasteiger partial charge in [0.1, 0.15) is 0 Å². The molecule has 0 amide bonds. The maximum atomic E-state index is 5.37. The SMILES string of the molecule is CCN(Cc1cc(C#CCN)cs1)C(C)COC. The number of ether oxygens (including phenoxy) is 1. The number of methoxy groups -OCH3 is 1. The third kappa shape index (κ3) is 4.79. The Labute approximate surface area is 114 Å². The maximum absolute atomic E-state index is 5.37. The van der Waals surface area contributed by atoms with E-state index < -0.39 is 0 Å². The van der Waals surface area contributed by atoms with Crippen molar-refractivity contribution in [3.8, 4) is 11.8 Å². The van der Waals surface area contributed by atoms with Gasteiger partial charge in [0.05, 0.1) is 13.2 Å². The molecule has 1 unspecified atom stereocenters. The third-order valence-corrected chi connectivity index (χ3v) is 3.71. The van der Waals surface area contributed by atoms with Gasteiger partial charge in [0.25, 0.3) is 0 Å². The summed E-state index contributed by atoms with van der Waals surface area (Å²) in [6.07, 6.45) is 0. The molecule has 0 saturated carbocycles. The van der Waals surface area contributed by atoms with Crippen molar-refractivity contribution < 1.29 is 4.74 Å². The van der Waals surface area contributed by atoms with Crippen LogP contribution in [0.15, 0.2) is 11.4 Å². The first kappa shape index (κ1) is 15.2. The molecule has 0 aliphatic heterocycles. The highest BCUT2D eigenvalue weighted by atomic mass is 32.1. The lowest BCUT2D eigenvalue weighted by Crippen LogP contribution is -2.35. The molecule has 0 aromatic carbocycles. The zero-order valence-electron chi connectivity index (χ0n) is 11.4. The Balaban J connectivity index is 2.61. The van der Waals surface area contributed by atoms with E-state index in [0.717, 1.165) is 25.3 Å². The van der Waals surface area contributed by atoms with Crippen molar-refractivity contribution in [2.24, 2.45) is 5.73 Å². The van der Waals surface area contributed by atoms with Crippen molar-refractivity contribution in [2.75, 3.05) is 26.8 Å². The zero-order chi connectivity index (χ0) is 13.4. The minimum atomic E-state index is 0.414. The van der Waals surface area contributed by atoms with Crippen LogP contribution in [0, 0.1) is 11.8 Å². The monoisotopic (exact) mass is 266 g/mol. The van der Waals surface area contributed by atoms with Crippen LogP contribution in [0.25, 0.3) is 0 Å². The van der Waals surface area contributed by atoms with Gasteiger partial charge in [-0.25, -0.2) is 0 Å². The number of hydrogen-bond acceptors (Lipinski definition) is 4. The lowest BCUT2D eigenvalue weighted by Gasteiger charge is -2.26. The lowest BCUT2D eigenvalue weighted by atomic mass is 10.2. The highest BCUT2D eigenvalue weighted by Crippen LogP contribution is 2.17. The first-order chi connectivity index (χ1) is 8.71. The van der Waals surface area contributed by atoms with E-state index in [1.807, 2.05) is 0 Å². The molecule has 0 aliphatic rings. The summed E-state index contributed by atoms with van der Waals surface area (Å²) in [6, 6.07) is 2.58. The van der Waals surface area contributed by atoms with E-state index in [-0.39, 0.29) is 0 Å². The van der Waals surface area contributed by atoms with Gasteiger partial charge < -0.3 is 10.5 Å². The average molecular weight is 266 g/mol. The molecule has 100 valence electrons. The molecule has 2 N–H and O–H groups in total. The van der Waals surface area contributed by atoms with Crippen molar-refractivity contribution in [3.63, 3.8) is 0 Å². The molecule has 0 bridgehead atoms. The van der Waals surface area contributed by atoms with Gasteiger partial charge in [-0.3, -0.25) is 4.90 Å². The summed E-state index contributed by atoms with van der Waals surface area (Å²) < 4.78 is 5.21. The van der Waals surface area contributed by atoms with Gasteiger partial charge in [-0.1, -0.05) is 18.8 Å². The van der Waals surface area contributed by atoms with Crippen LogP contribution >= 0.6 is 11.3 Å². The minimum Gasteiger partial charge on any atom is -0.383 e. The van der Waals surface area contributed by atoms with E-state index in [0.29, 0.717) is 12.6 Å². The van der Waals surface area contributed by atoms with Crippen LogP contribution in [-0.2, 0) is 11.3 Å². The molecule has 0 spiro atoms. The summed E-state index contributed by atoms with van der Waals surface area (Å²) >= 11 is 1.75. The van der Waals surface area contributed by atoms with Crippen molar-refractivity contribution >= 4 is 11.3 Å². The summed E-state index contributed by atoms with van der Waals surface area (Å²) in [5.74, 6) is 5.94. The van der Waals surface area contributed by atoms with Crippen molar-refractivity contribution in [1.29, 1.82) is 0 Å². The highest BCUT2D eigenvalue weighted by molar-refractivity contribution is 7.10. The van der Waals surface area contributed by atoms with Gasteiger partial charge in [-0.05, 0) is 19.5 Å². The van der Waals surface area contributed by atoms with Crippen LogP contribution < -0.4 is 5.73 Å². The van der Waals surface area contributed by atoms with Crippen LogP contribution in [0.1, 0.15) is 24.3 Å². The number of hydrogen-bond donors (Lipinski definition) is 1. The molecule has 1 rings (SSSR count). The van der Waals surface area contributed by atoms with E-state index in [4.69, 9.17) is 10.5 Å². The Morgan fingerprint density at radius 1 is 1.56 bits per heavy atom. The first-order valence-corrected chi connectivity index (χ1v) is 7.08. The second-order valence-electron chi connectivity index (χ2n) is 4.18. The van der Waals surface area contributed by atoms with Crippen LogP contribution in [0.3, 0.4) is 0 Å². The Bertz CT molecular complexity index is 405. The molecule has 1 aromatic rings. The van der Waals surface area contributed by atoms with Gasteiger partial charge in [0, 0.05) is 35.5 Å². The molecule has 0 saturated heterocycles. The van der Waals surface area contributed by atoms with E-state index in [9.17, 15) is 0 Å². The maximum Gasteiger partial charge on any atom is 0.0615 e.